The molecule has 1 amide bonds. The van der Waals surface area contributed by atoms with Crippen molar-refractivity contribution in [2.24, 2.45) is 5.16 Å². The Morgan fingerprint density at radius 1 is 0.963 bits per heavy atom. The third kappa shape index (κ3) is 5.97. The molecule has 27 heavy (non-hydrogen) atoms. The number of benzene rings is 3. The van der Waals surface area contributed by atoms with Gasteiger partial charge in [-0.15, -0.1) is 0 Å². The molecule has 0 fully saturated rings. The lowest BCUT2D eigenvalue weighted by molar-refractivity contribution is 0.167. The van der Waals surface area contributed by atoms with E-state index in [0.717, 1.165) is 5.56 Å². The molecular weight excluding hydrogens is 347 g/mol. The molecule has 5 nitrogen and oxygen atoms in total. The number of rotatable bonds is 6. The van der Waals surface area contributed by atoms with E-state index in [4.69, 9.17) is 9.57 Å². The molecule has 3 aromatic rings. The van der Waals surface area contributed by atoms with Crippen LogP contribution < -0.4 is 10.1 Å². The van der Waals surface area contributed by atoms with Crippen molar-refractivity contribution in [3.05, 3.63) is 95.8 Å². The van der Waals surface area contributed by atoms with E-state index in [1.54, 1.807) is 24.3 Å². The highest BCUT2D eigenvalue weighted by atomic mass is 19.1. The first-order valence-corrected chi connectivity index (χ1v) is 8.23. The summed E-state index contributed by atoms with van der Waals surface area (Å²) >= 11 is 0. The number of halogens is 1. The second kappa shape index (κ2) is 9.15. The normalized spacial score (nSPS) is 10.6. The Kier molecular flexibility index (Phi) is 6.14. The van der Waals surface area contributed by atoms with Gasteiger partial charge in [-0.2, -0.15) is 0 Å². The van der Waals surface area contributed by atoms with Crippen molar-refractivity contribution in [2.45, 2.75) is 6.61 Å². The number of nitrogens with zero attached hydrogens (tertiary/aromatic N) is 1. The highest BCUT2D eigenvalue weighted by Gasteiger charge is 2.03. The number of carbonyl (C=O) groups excluding carboxylic acids is 1. The first-order chi connectivity index (χ1) is 13.2. The number of amides is 1. The van der Waals surface area contributed by atoms with Gasteiger partial charge in [0.05, 0.1) is 6.21 Å². The molecule has 0 bridgehead atoms. The highest BCUT2D eigenvalue weighted by molar-refractivity contribution is 5.85. The Labute approximate surface area is 156 Å². The van der Waals surface area contributed by atoms with Gasteiger partial charge in [0, 0.05) is 5.69 Å². The fourth-order valence-corrected chi connectivity index (χ4v) is 2.20. The maximum atomic E-state index is 12.8. The lowest BCUT2D eigenvalue weighted by Crippen LogP contribution is -2.10. The molecule has 0 aliphatic carbocycles. The topological polar surface area (TPSA) is 59.9 Å². The number of carbonyl (C=O) groups is 1. The van der Waals surface area contributed by atoms with E-state index in [0.29, 0.717) is 23.6 Å². The molecule has 6 heteroatoms. The zero-order valence-corrected chi connectivity index (χ0v) is 14.3. The van der Waals surface area contributed by atoms with Gasteiger partial charge in [0.25, 0.3) is 0 Å². The summed E-state index contributed by atoms with van der Waals surface area (Å²) in [5.41, 5.74) is 2.23. The standard InChI is InChI=1S/C21H17FN2O3/c22-18-8-6-16(7-9-18)14-23-27-21(25)24-19-10-12-20(13-11-19)26-15-17-4-2-1-3-5-17/h1-14H,15H2,(H,24,25)/b23-14+. The van der Waals surface area contributed by atoms with Crippen molar-refractivity contribution in [3.8, 4) is 5.75 Å². The molecular formula is C21H17FN2O3. The Bertz CT molecular complexity index is 895. The minimum atomic E-state index is -0.730. The molecule has 0 aromatic heterocycles. The van der Waals surface area contributed by atoms with Gasteiger partial charge >= 0.3 is 6.09 Å². The number of ether oxygens (including phenoxy) is 1. The van der Waals surface area contributed by atoms with Crippen molar-refractivity contribution in [2.75, 3.05) is 5.32 Å². The quantitative estimate of drug-likeness (QED) is 0.381. The van der Waals surface area contributed by atoms with Crippen LogP contribution in [0.15, 0.2) is 84.0 Å². The summed E-state index contributed by atoms with van der Waals surface area (Å²) in [5.74, 6) is 0.342. The summed E-state index contributed by atoms with van der Waals surface area (Å²) in [6.07, 6.45) is 0.589. The zero-order chi connectivity index (χ0) is 18.9. The van der Waals surface area contributed by atoms with E-state index in [-0.39, 0.29) is 5.82 Å². The Balaban J connectivity index is 1.46. The van der Waals surface area contributed by atoms with Crippen LogP contribution in [-0.2, 0) is 11.4 Å². The number of oxime groups is 1. The van der Waals surface area contributed by atoms with Crippen LogP contribution in [0.1, 0.15) is 11.1 Å². The van der Waals surface area contributed by atoms with Crippen LogP contribution in [0.5, 0.6) is 5.75 Å². The van der Waals surface area contributed by atoms with Crippen molar-refractivity contribution >= 4 is 18.0 Å². The minimum absolute atomic E-state index is 0.345. The molecule has 0 spiro atoms. The monoisotopic (exact) mass is 364 g/mol. The highest BCUT2D eigenvalue weighted by Crippen LogP contribution is 2.17. The number of hydrogen-bond donors (Lipinski definition) is 1. The van der Waals surface area contributed by atoms with Gasteiger partial charge in [0.1, 0.15) is 18.2 Å². The van der Waals surface area contributed by atoms with Crippen LogP contribution in [-0.4, -0.2) is 12.3 Å². The fourth-order valence-electron chi connectivity index (χ4n) is 2.20. The largest absolute Gasteiger partial charge is 0.489 e. The van der Waals surface area contributed by atoms with Gasteiger partial charge in [-0.05, 0) is 47.5 Å². The van der Waals surface area contributed by atoms with Crippen molar-refractivity contribution in [3.63, 3.8) is 0 Å². The van der Waals surface area contributed by atoms with Gasteiger partial charge in [-0.1, -0.05) is 47.6 Å². The molecule has 3 rings (SSSR count). The van der Waals surface area contributed by atoms with E-state index >= 15 is 0 Å². The summed E-state index contributed by atoms with van der Waals surface area (Å²) in [7, 11) is 0. The first kappa shape index (κ1) is 18.1. The predicted molar refractivity (Wildman–Crippen MR) is 101 cm³/mol. The summed E-state index contributed by atoms with van der Waals surface area (Å²) in [5, 5.41) is 6.11. The fraction of sp³-hybridized carbons (Fsp3) is 0.0476. The second-order valence-electron chi connectivity index (χ2n) is 5.59. The molecule has 0 heterocycles. The lowest BCUT2D eigenvalue weighted by Gasteiger charge is -2.07. The maximum absolute atomic E-state index is 12.8. The molecule has 0 unspecified atom stereocenters. The van der Waals surface area contributed by atoms with Crippen LogP contribution in [0.25, 0.3) is 0 Å². The van der Waals surface area contributed by atoms with Crippen LogP contribution in [0.3, 0.4) is 0 Å². The molecule has 0 aliphatic rings. The summed E-state index contributed by atoms with van der Waals surface area (Å²) < 4.78 is 18.5. The summed E-state index contributed by atoms with van der Waals surface area (Å²) in [6.45, 7) is 0.466. The van der Waals surface area contributed by atoms with Crippen LogP contribution >= 0.6 is 0 Å². The number of hydrogen-bond acceptors (Lipinski definition) is 4. The van der Waals surface area contributed by atoms with E-state index in [1.807, 2.05) is 30.3 Å². The molecule has 1 N–H and O–H groups in total. The molecule has 0 radical (unpaired) electrons. The molecule has 3 aromatic carbocycles. The minimum Gasteiger partial charge on any atom is -0.489 e. The average molecular weight is 364 g/mol. The molecule has 136 valence electrons. The summed E-state index contributed by atoms with van der Waals surface area (Å²) in [4.78, 5) is 16.4. The predicted octanol–water partition coefficient (Wildman–Crippen LogP) is 4.99. The second-order valence-corrected chi connectivity index (χ2v) is 5.59. The van der Waals surface area contributed by atoms with Gasteiger partial charge in [0.15, 0.2) is 0 Å². The summed E-state index contributed by atoms with van der Waals surface area (Å²) in [6, 6.07) is 22.4. The third-order valence-corrected chi connectivity index (χ3v) is 3.56. The molecule has 0 aliphatic heterocycles. The van der Waals surface area contributed by atoms with Crippen LogP contribution in [0.4, 0.5) is 14.9 Å². The van der Waals surface area contributed by atoms with E-state index in [1.165, 1.54) is 30.5 Å². The van der Waals surface area contributed by atoms with Crippen molar-refractivity contribution < 1.29 is 18.8 Å². The SMILES string of the molecule is O=C(Nc1ccc(OCc2ccccc2)cc1)O/N=C/c1ccc(F)cc1. The van der Waals surface area contributed by atoms with Crippen molar-refractivity contribution in [1.82, 2.24) is 0 Å². The van der Waals surface area contributed by atoms with Gasteiger partial charge in [0.2, 0.25) is 0 Å². The van der Waals surface area contributed by atoms with Gasteiger partial charge in [-0.3, -0.25) is 10.2 Å². The molecule has 0 saturated heterocycles. The van der Waals surface area contributed by atoms with E-state index < -0.39 is 6.09 Å². The Hall–Kier alpha value is -3.67. The smallest absolute Gasteiger partial charge is 0.437 e. The van der Waals surface area contributed by atoms with Gasteiger partial charge < -0.3 is 4.74 Å². The Morgan fingerprint density at radius 3 is 2.37 bits per heavy atom. The Morgan fingerprint density at radius 2 is 1.67 bits per heavy atom. The van der Waals surface area contributed by atoms with Crippen LogP contribution in [0.2, 0.25) is 0 Å². The maximum Gasteiger partial charge on any atom is 0.437 e. The first-order valence-electron chi connectivity index (χ1n) is 8.23. The van der Waals surface area contributed by atoms with E-state index in [9.17, 15) is 9.18 Å². The average Bonchev–Trinajstić information content (AvgIpc) is 2.70. The number of nitrogens with one attached hydrogen (secondary N) is 1. The molecule has 0 atom stereocenters. The van der Waals surface area contributed by atoms with Crippen LogP contribution in [0, 0.1) is 5.82 Å². The van der Waals surface area contributed by atoms with E-state index in [2.05, 4.69) is 10.5 Å². The zero-order valence-electron chi connectivity index (χ0n) is 14.3. The van der Waals surface area contributed by atoms with Crippen molar-refractivity contribution in [1.29, 1.82) is 0 Å². The number of anilines is 1. The lowest BCUT2D eigenvalue weighted by atomic mass is 10.2. The molecule has 0 saturated carbocycles. The third-order valence-electron chi connectivity index (χ3n) is 3.56. The van der Waals surface area contributed by atoms with Gasteiger partial charge in [-0.25, -0.2) is 9.18 Å².